The molecule has 1 aliphatic heterocycles. The molecule has 2 N–H and O–H groups in total. The highest BCUT2D eigenvalue weighted by molar-refractivity contribution is 5.86. The fraction of sp³-hybridized carbons (Fsp3) is 0.300. The Labute approximate surface area is 165 Å². The first-order valence-corrected chi connectivity index (χ1v) is 8.88. The van der Waals surface area contributed by atoms with E-state index in [0.29, 0.717) is 17.1 Å². The number of halogens is 3. The van der Waals surface area contributed by atoms with Crippen molar-refractivity contribution in [2.75, 3.05) is 6.61 Å². The first-order valence-electron chi connectivity index (χ1n) is 8.88. The van der Waals surface area contributed by atoms with Gasteiger partial charge in [-0.1, -0.05) is 37.3 Å². The molecule has 1 heterocycles. The summed E-state index contributed by atoms with van der Waals surface area (Å²) in [7, 11) is 0. The number of alkyl halides is 3. The lowest BCUT2D eigenvalue weighted by Crippen LogP contribution is -2.52. The van der Waals surface area contributed by atoms with E-state index in [4.69, 9.17) is 9.47 Å². The minimum absolute atomic E-state index is 0.0154. The number of carbonyl (C=O) groups is 2. The molecular formula is C20H19F3N2O4. The van der Waals surface area contributed by atoms with E-state index in [-0.39, 0.29) is 13.0 Å². The molecule has 1 aliphatic rings. The monoisotopic (exact) mass is 408 g/mol. The minimum Gasteiger partial charge on any atom is -0.485 e. The summed E-state index contributed by atoms with van der Waals surface area (Å²) in [6, 6.07) is 11.7. The summed E-state index contributed by atoms with van der Waals surface area (Å²) in [5, 5.41) is 0. The Kier molecular flexibility index (Phi) is 5.95. The molecule has 9 heteroatoms. The quantitative estimate of drug-likeness (QED) is 0.763. The summed E-state index contributed by atoms with van der Waals surface area (Å²) in [6.45, 7) is 1.54. The van der Waals surface area contributed by atoms with E-state index < -0.39 is 35.6 Å². The van der Waals surface area contributed by atoms with E-state index in [1.54, 1.807) is 31.2 Å². The zero-order valence-electron chi connectivity index (χ0n) is 15.5. The van der Waals surface area contributed by atoms with Crippen molar-refractivity contribution in [3.05, 3.63) is 59.7 Å². The number of fused-ring (bicyclic) bond motifs is 1. The molecule has 0 aromatic heterocycles. The first-order chi connectivity index (χ1) is 13.7. The van der Waals surface area contributed by atoms with Gasteiger partial charge in [0.1, 0.15) is 6.61 Å². The van der Waals surface area contributed by atoms with Gasteiger partial charge < -0.3 is 9.47 Å². The molecule has 2 aromatic carbocycles. The lowest BCUT2D eigenvalue weighted by atomic mass is 9.99. The van der Waals surface area contributed by atoms with E-state index in [1.807, 2.05) is 0 Å². The fourth-order valence-corrected chi connectivity index (χ4v) is 2.80. The van der Waals surface area contributed by atoms with Gasteiger partial charge >= 0.3 is 6.18 Å². The van der Waals surface area contributed by atoms with Gasteiger partial charge in [-0.2, -0.15) is 13.2 Å². The molecule has 3 rings (SSSR count). The predicted octanol–water partition coefficient (Wildman–Crippen LogP) is 2.87. The van der Waals surface area contributed by atoms with Gasteiger partial charge in [-0.05, 0) is 30.2 Å². The van der Waals surface area contributed by atoms with Crippen LogP contribution in [0.4, 0.5) is 13.2 Å². The Balaban J connectivity index is 1.51. The van der Waals surface area contributed by atoms with E-state index in [1.165, 1.54) is 12.1 Å². The zero-order chi connectivity index (χ0) is 21.0. The maximum atomic E-state index is 12.8. The van der Waals surface area contributed by atoms with Gasteiger partial charge in [0.15, 0.2) is 11.5 Å². The molecule has 0 bridgehead atoms. The normalized spacial score (nSPS) is 16.6. The van der Waals surface area contributed by atoms with Crippen LogP contribution in [0.15, 0.2) is 48.5 Å². The first kappa shape index (κ1) is 20.5. The van der Waals surface area contributed by atoms with Crippen LogP contribution in [0.5, 0.6) is 11.5 Å². The Morgan fingerprint density at radius 1 is 1.10 bits per heavy atom. The number of hydrogen-bond acceptors (Lipinski definition) is 4. The smallest absolute Gasteiger partial charge is 0.416 e. The molecule has 29 heavy (non-hydrogen) atoms. The van der Waals surface area contributed by atoms with Crippen molar-refractivity contribution in [2.45, 2.75) is 25.6 Å². The second kappa shape index (κ2) is 8.42. The molecule has 0 saturated carbocycles. The summed E-state index contributed by atoms with van der Waals surface area (Å²) in [5.74, 6) is -0.853. The number of nitrogens with one attached hydrogen (secondary N) is 2. The van der Waals surface area contributed by atoms with Crippen LogP contribution in [0.3, 0.4) is 0 Å². The van der Waals surface area contributed by atoms with E-state index in [0.717, 1.165) is 12.1 Å². The molecule has 0 radical (unpaired) electrons. The summed E-state index contributed by atoms with van der Waals surface area (Å²) in [5.41, 5.74) is 4.13. The van der Waals surface area contributed by atoms with Gasteiger partial charge in [-0.25, -0.2) is 0 Å². The Hall–Kier alpha value is -3.23. The van der Waals surface area contributed by atoms with Crippen molar-refractivity contribution in [2.24, 2.45) is 5.92 Å². The highest BCUT2D eigenvalue weighted by Crippen LogP contribution is 2.31. The molecular weight excluding hydrogens is 389 g/mol. The maximum Gasteiger partial charge on any atom is 0.416 e. The standard InChI is InChI=1S/C20H19F3N2O4/c1-12(9-13-5-4-6-14(10-13)20(21,22)23)18(26)24-25-19(27)17-11-28-15-7-2-3-8-16(15)29-17/h2-8,10,12,17H,9,11H2,1H3,(H,24,26)(H,25,27). The Bertz CT molecular complexity index is 901. The molecule has 0 spiro atoms. The van der Waals surface area contributed by atoms with Gasteiger partial charge in [0.2, 0.25) is 12.0 Å². The highest BCUT2D eigenvalue weighted by atomic mass is 19.4. The van der Waals surface area contributed by atoms with Crippen LogP contribution in [0.1, 0.15) is 18.1 Å². The largest absolute Gasteiger partial charge is 0.485 e. The second-order valence-corrected chi connectivity index (χ2v) is 6.65. The van der Waals surface area contributed by atoms with E-state index >= 15 is 0 Å². The zero-order valence-corrected chi connectivity index (χ0v) is 15.5. The van der Waals surface area contributed by atoms with Crippen molar-refractivity contribution in [1.82, 2.24) is 10.9 Å². The van der Waals surface area contributed by atoms with Gasteiger partial charge in [-0.15, -0.1) is 0 Å². The number of ether oxygens (including phenoxy) is 2. The number of hydrogen-bond donors (Lipinski definition) is 2. The van der Waals surface area contributed by atoms with Crippen LogP contribution >= 0.6 is 0 Å². The SMILES string of the molecule is CC(Cc1cccc(C(F)(F)F)c1)C(=O)NNC(=O)C1COc2ccccc2O1. The molecule has 2 aromatic rings. The lowest BCUT2D eigenvalue weighted by Gasteiger charge is -2.25. The van der Waals surface area contributed by atoms with Crippen molar-refractivity contribution < 1.29 is 32.2 Å². The summed E-state index contributed by atoms with van der Waals surface area (Å²) in [6.07, 6.45) is -5.30. The number of benzene rings is 2. The third kappa shape index (κ3) is 5.18. The van der Waals surface area contributed by atoms with Gasteiger partial charge in [0.25, 0.3) is 5.91 Å². The Morgan fingerprint density at radius 3 is 2.55 bits per heavy atom. The third-order valence-electron chi connectivity index (χ3n) is 4.35. The van der Waals surface area contributed by atoms with Crippen LogP contribution in [0, 0.1) is 5.92 Å². The van der Waals surface area contributed by atoms with Crippen LogP contribution in [-0.4, -0.2) is 24.5 Å². The summed E-state index contributed by atoms with van der Waals surface area (Å²) >= 11 is 0. The summed E-state index contributed by atoms with van der Waals surface area (Å²) in [4.78, 5) is 24.4. The number of rotatable bonds is 4. The topological polar surface area (TPSA) is 76.7 Å². The second-order valence-electron chi connectivity index (χ2n) is 6.65. The van der Waals surface area contributed by atoms with E-state index in [2.05, 4.69) is 10.9 Å². The van der Waals surface area contributed by atoms with Crippen LogP contribution in [0.25, 0.3) is 0 Å². The number of hydrazine groups is 1. The van der Waals surface area contributed by atoms with Crippen molar-refractivity contribution >= 4 is 11.8 Å². The van der Waals surface area contributed by atoms with Gasteiger partial charge in [0.05, 0.1) is 5.56 Å². The molecule has 2 atom stereocenters. The third-order valence-corrected chi connectivity index (χ3v) is 4.35. The highest BCUT2D eigenvalue weighted by Gasteiger charge is 2.31. The van der Waals surface area contributed by atoms with Gasteiger partial charge in [0, 0.05) is 5.92 Å². The molecule has 2 amide bonds. The average Bonchev–Trinajstić information content (AvgIpc) is 2.70. The van der Waals surface area contributed by atoms with Gasteiger partial charge in [-0.3, -0.25) is 20.4 Å². The van der Waals surface area contributed by atoms with Crippen LogP contribution in [0.2, 0.25) is 0 Å². The average molecular weight is 408 g/mol. The molecule has 154 valence electrons. The minimum atomic E-state index is -4.45. The lowest BCUT2D eigenvalue weighted by molar-refractivity contribution is -0.137. The Morgan fingerprint density at radius 2 is 1.83 bits per heavy atom. The molecule has 0 saturated heterocycles. The fourth-order valence-electron chi connectivity index (χ4n) is 2.80. The van der Waals surface area contributed by atoms with Crippen molar-refractivity contribution in [3.8, 4) is 11.5 Å². The van der Waals surface area contributed by atoms with Crippen molar-refractivity contribution in [3.63, 3.8) is 0 Å². The number of para-hydroxylation sites is 2. The van der Waals surface area contributed by atoms with E-state index in [9.17, 15) is 22.8 Å². The number of carbonyl (C=O) groups excluding carboxylic acids is 2. The molecule has 0 fully saturated rings. The van der Waals surface area contributed by atoms with Crippen LogP contribution < -0.4 is 20.3 Å². The molecule has 2 unspecified atom stereocenters. The predicted molar refractivity (Wildman–Crippen MR) is 97.0 cm³/mol. The van der Waals surface area contributed by atoms with Crippen LogP contribution in [-0.2, 0) is 22.2 Å². The maximum absolute atomic E-state index is 12.8. The summed E-state index contributed by atoms with van der Waals surface area (Å²) < 4.78 is 49.4. The molecule has 0 aliphatic carbocycles. The van der Waals surface area contributed by atoms with Crippen molar-refractivity contribution in [1.29, 1.82) is 0 Å². The molecule has 6 nitrogen and oxygen atoms in total. The number of amides is 2.